The summed E-state index contributed by atoms with van der Waals surface area (Å²) in [5.74, 6) is 1.08. The quantitative estimate of drug-likeness (QED) is 0.889. The Morgan fingerprint density at radius 1 is 1.39 bits per heavy atom. The van der Waals surface area contributed by atoms with Gasteiger partial charge in [0.25, 0.3) is 0 Å². The fraction of sp³-hybridized carbons (Fsp3) is 0.533. The van der Waals surface area contributed by atoms with Gasteiger partial charge in [-0.15, -0.1) is 0 Å². The third kappa shape index (κ3) is 2.49. The summed E-state index contributed by atoms with van der Waals surface area (Å²) >= 11 is 0. The van der Waals surface area contributed by atoms with Crippen molar-refractivity contribution in [2.45, 2.75) is 32.7 Å². The molecule has 0 saturated heterocycles. The Hall–Kier alpha value is -1.53. The minimum absolute atomic E-state index is 0.146. The summed E-state index contributed by atoms with van der Waals surface area (Å²) in [6, 6.07) is 8.18. The Morgan fingerprint density at radius 2 is 2.17 bits per heavy atom. The van der Waals surface area contributed by atoms with Gasteiger partial charge < -0.3 is 10.5 Å². The molecule has 1 aliphatic rings. The fourth-order valence-electron chi connectivity index (χ4n) is 2.44. The molecule has 0 spiro atoms. The lowest BCUT2D eigenvalue weighted by atomic mass is 9.85. The largest absolute Gasteiger partial charge is 0.493 e. The highest BCUT2D eigenvalue weighted by Gasteiger charge is 2.23. The lowest BCUT2D eigenvalue weighted by molar-refractivity contribution is 0.288. The van der Waals surface area contributed by atoms with E-state index >= 15 is 0 Å². The van der Waals surface area contributed by atoms with Gasteiger partial charge in [-0.1, -0.05) is 26.0 Å². The van der Waals surface area contributed by atoms with E-state index < -0.39 is 0 Å². The van der Waals surface area contributed by atoms with E-state index in [1.54, 1.807) is 0 Å². The number of fused-ring (bicyclic) bond motifs is 1. The zero-order valence-corrected chi connectivity index (χ0v) is 11.0. The van der Waals surface area contributed by atoms with E-state index in [2.05, 4.69) is 12.1 Å². The molecule has 1 aliphatic heterocycles. The van der Waals surface area contributed by atoms with Crippen molar-refractivity contribution in [1.82, 2.24) is 0 Å². The fourth-order valence-corrected chi connectivity index (χ4v) is 2.44. The Labute approximate surface area is 109 Å². The number of rotatable bonds is 3. The van der Waals surface area contributed by atoms with Crippen LogP contribution < -0.4 is 10.5 Å². The molecule has 1 aromatic rings. The zero-order chi connectivity index (χ0) is 13.1. The van der Waals surface area contributed by atoms with Gasteiger partial charge in [0.2, 0.25) is 0 Å². The van der Waals surface area contributed by atoms with Gasteiger partial charge in [-0.05, 0) is 36.0 Å². The van der Waals surface area contributed by atoms with Gasteiger partial charge in [0.05, 0.1) is 18.6 Å². The maximum absolute atomic E-state index is 9.21. The summed E-state index contributed by atoms with van der Waals surface area (Å²) in [6.07, 6.45) is 2.09. The maximum Gasteiger partial charge on any atom is 0.122 e. The molecule has 0 amide bonds. The van der Waals surface area contributed by atoms with Gasteiger partial charge in [-0.3, -0.25) is 0 Å². The van der Waals surface area contributed by atoms with Gasteiger partial charge in [0, 0.05) is 6.04 Å². The third-order valence-corrected chi connectivity index (χ3v) is 3.57. The maximum atomic E-state index is 9.21. The number of hydrogen-bond donors (Lipinski definition) is 1. The molecular weight excluding hydrogens is 224 g/mol. The molecule has 0 bridgehead atoms. The van der Waals surface area contributed by atoms with Crippen molar-refractivity contribution in [3.05, 3.63) is 29.3 Å². The van der Waals surface area contributed by atoms with E-state index in [9.17, 15) is 5.26 Å². The average Bonchev–Trinajstić information content (AvgIpc) is 2.38. The predicted octanol–water partition coefficient (Wildman–Crippen LogP) is 2.81. The van der Waals surface area contributed by atoms with Crippen LogP contribution in [0, 0.1) is 23.2 Å². The highest BCUT2D eigenvalue weighted by molar-refractivity contribution is 5.40. The molecule has 2 rings (SSSR count). The first-order valence-corrected chi connectivity index (χ1v) is 6.54. The topological polar surface area (TPSA) is 59.0 Å². The van der Waals surface area contributed by atoms with Crippen molar-refractivity contribution < 1.29 is 4.74 Å². The van der Waals surface area contributed by atoms with E-state index in [1.807, 2.05) is 26.0 Å². The van der Waals surface area contributed by atoms with Gasteiger partial charge in [0.1, 0.15) is 5.75 Å². The number of nitrogens with two attached hydrogens (primary N) is 1. The van der Waals surface area contributed by atoms with E-state index in [0.29, 0.717) is 0 Å². The van der Waals surface area contributed by atoms with Crippen LogP contribution in [0.25, 0.3) is 0 Å². The van der Waals surface area contributed by atoms with Crippen LogP contribution in [0.1, 0.15) is 37.4 Å². The number of nitrogens with zero attached hydrogens (tertiary/aromatic N) is 1. The van der Waals surface area contributed by atoms with Crippen molar-refractivity contribution in [3.8, 4) is 11.8 Å². The first-order chi connectivity index (χ1) is 8.63. The molecule has 2 N–H and O–H groups in total. The molecule has 96 valence electrons. The second-order valence-electron chi connectivity index (χ2n) is 5.24. The SMILES string of the molecule is CC(C)C(C#N)C(N)c1ccc2c(c1)CCCO2. The number of nitriles is 1. The minimum Gasteiger partial charge on any atom is -0.493 e. The molecule has 0 aliphatic carbocycles. The normalized spacial score (nSPS) is 17.5. The molecule has 1 aromatic carbocycles. The van der Waals surface area contributed by atoms with Crippen molar-refractivity contribution in [2.75, 3.05) is 6.61 Å². The Kier molecular flexibility index (Phi) is 3.88. The van der Waals surface area contributed by atoms with Crippen molar-refractivity contribution in [1.29, 1.82) is 5.26 Å². The molecule has 0 aromatic heterocycles. The van der Waals surface area contributed by atoms with Gasteiger partial charge >= 0.3 is 0 Å². The van der Waals surface area contributed by atoms with Gasteiger partial charge in [-0.2, -0.15) is 5.26 Å². The molecule has 2 atom stereocenters. The van der Waals surface area contributed by atoms with Gasteiger partial charge in [0.15, 0.2) is 0 Å². The summed E-state index contributed by atoms with van der Waals surface area (Å²) in [5, 5.41) is 9.21. The summed E-state index contributed by atoms with van der Waals surface area (Å²) in [4.78, 5) is 0. The molecule has 1 heterocycles. The van der Waals surface area contributed by atoms with Crippen LogP contribution in [0.5, 0.6) is 5.75 Å². The highest BCUT2D eigenvalue weighted by atomic mass is 16.5. The van der Waals surface area contributed by atoms with E-state index in [4.69, 9.17) is 10.5 Å². The Morgan fingerprint density at radius 3 is 2.83 bits per heavy atom. The second-order valence-corrected chi connectivity index (χ2v) is 5.24. The van der Waals surface area contributed by atoms with E-state index in [0.717, 1.165) is 30.8 Å². The molecule has 0 saturated carbocycles. The number of ether oxygens (including phenoxy) is 1. The summed E-state index contributed by atoms with van der Waals surface area (Å²) in [5.41, 5.74) is 8.48. The molecular formula is C15H20N2O. The average molecular weight is 244 g/mol. The number of hydrogen-bond acceptors (Lipinski definition) is 3. The predicted molar refractivity (Wildman–Crippen MR) is 71.1 cm³/mol. The lowest BCUT2D eigenvalue weighted by Crippen LogP contribution is -2.24. The summed E-state index contributed by atoms with van der Waals surface area (Å²) < 4.78 is 5.59. The standard InChI is InChI=1S/C15H20N2O/c1-10(2)13(9-16)15(17)12-5-6-14-11(8-12)4-3-7-18-14/h5-6,8,10,13,15H,3-4,7,17H2,1-2H3. The minimum atomic E-state index is -0.220. The smallest absolute Gasteiger partial charge is 0.122 e. The number of benzene rings is 1. The first-order valence-electron chi connectivity index (χ1n) is 6.54. The van der Waals surface area contributed by atoms with E-state index in [-0.39, 0.29) is 17.9 Å². The van der Waals surface area contributed by atoms with Crippen LogP contribution >= 0.6 is 0 Å². The van der Waals surface area contributed by atoms with Crippen LogP contribution in [-0.4, -0.2) is 6.61 Å². The van der Waals surface area contributed by atoms with Crippen LogP contribution in [0.15, 0.2) is 18.2 Å². The lowest BCUT2D eigenvalue weighted by Gasteiger charge is -2.24. The number of aryl methyl sites for hydroxylation is 1. The molecule has 0 fully saturated rings. The van der Waals surface area contributed by atoms with Crippen molar-refractivity contribution >= 4 is 0 Å². The van der Waals surface area contributed by atoms with Crippen molar-refractivity contribution in [2.24, 2.45) is 17.6 Å². The second kappa shape index (κ2) is 5.41. The molecule has 3 nitrogen and oxygen atoms in total. The molecule has 0 radical (unpaired) electrons. The summed E-state index contributed by atoms with van der Waals surface area (Å²) in [6.45, 7) is 4.87. The van der Waals surface area contributed by atoms with Crippen LogP contribution in [0.3, 0.4) is 0 Å². The summed E-state index contributed by atoms with van der Waals surface area (Å²) in [7, 11) is 0. The Bertz CT molecular complexity index is 462. The molecule has 2 unspecified atom stereocenters. The Balaban J connectivity index is 2.26. The van der Waals surface area contributed by atoms with Crippen LogP contribution in [0.4, 0.5) is 0 Å². The third-order valence-electron chi connectivity index (χ3n) is 3.57. The van der Waals surface area contributed by atoms with E-state index in [1.165, 1.54) is 5.56 Å². The van der Waals surface area contributed by atoms with Crippen LogP contribution in [-0.2, 0) is 6.42 Å². The first kappa shape index (κ1) is 12.9. The molecule has 3 heteroatoms. The van der Waals surface area contributed by atoms with Crippen molar-refractivity contribution in [3.63, 3.8) is 0 Å². The monoisotopic (exact) mass is 244 g/mol. The zero-order valence-electron chi connectivity index (χ0n) is 11.0. The van der Waals surface area contributed by atoms with Gasteiger partial charge in [-0.25, -0.2) is 0 Å². The van der Waals surface area contributed by atoms with Crippen LogP contribution in [0.2, 0.25) is 0 Å². The molecule has 18 heavy (non-hydrogen) atoms. The highest BCUT2D eigenvalue weighted by Crippen LogP contribution is 2.31.